The molecule has 1 unspecified atom stereocenters. The number of imide groups is 2. The molecule has 9 nitrogen and oxygen atoms in total. The van der Waals surface area contributed by atoms with E-state index in [1.165, 1.54) is 6.07 Å². The number of nitrogens with one attached hydrogen (secondary N) is 1. The summed E-state index contributed by atoms with van der Waals surface area (Å²) < 4.78 is 26.6. The summed E-state index contributed by atoms with van der Waals surface area (Å²) in [7, 11) is -3.50. The van der Waals surface area contributed by atoms with Crippen LogP contribution in [0.25, 0.3) is 0 Å². The van der Waals surface area contributed by atoms with Crippen LogP contribution < -0.4 is 5.32 Å². The fraction of sp³-hybridized carbons (Fsp3) is 0.412. The summed E-state index contributed by atoms with van der Waals surface area (Å²) >= 11 is 0. The molecule has 10 heteroatoms. The Labute approximate surface area is 155 Å². The summed E-state index contributed by atoms with van der Waals surface area (Å²) in [6, 6.07) is 3.77. The predicted molar refractivity (Wildman–Crippen MR) is 92.2 cm³/mol. The van der Waals surface area contributed by atoms with Crippen LogP contribution in [0, 0.1) is 0 Å². The summed E-state index contributed by atoms with van der Waals surface area (Å²) in [4.78, 5) is 49.5. The Balaban J connectivity index is 1.73. The van der Waals surface area contributed by atoms with E-state index in [4.69, 9.17) is 0 Å². The van der Waals surface area contributed by atoms with Crippen molar-refractivity contribution in [3.63, 3.8) is 0 Å². The number of nitrogens with zero attached hydrogens (tertiary/aromatic N) is 1. The maximum Gasteiger partial charge on any atom is 0.264 e. The van der Waals surface area contributed by atoms with Gasteiger partial charge in [-0.25, -0.2) is 0 Å². The first-order valence-electron chi connectivity index (χ1n) is 8.36. The number of benzene rings is 1. The lowest BCUT2D eigenvalue weighted by Crippen LogP contribution is -2.54. The maximum atomic E-state index is 12.7. The van der Waals surface area contributed by atoms with Crippen LogP contribution >= 0.6 is 0 Å². The van der Waals surface area contributed by atoms with E-state index < -0.39 is 39.8 Å². The zero-order valence-corrected chi connectivity index (χ0v) is 15.4. The monoisotopic (exact) mass is 394 g/mol. The zero-order chi connectivity index (χ0) is 19.8. The average Bonchev–Trinajstić information content (AvgIpc) is 2.82. The average molecular weight is 394 g/mol. The van der Waals surface area contributed by atoms with Crippen LogP contribution in [0.3, 0.4) is 0 Å². The molecule has 0 aliphatic carbocycles. The molecule has 1 atom stereocenters. The quantitative estimate of drug-likeness (QED) is 0.409. The van der Waals surface area contributed by atoms with E-state index in [0.29, 0.717) is 12.8 Å². The topological polar surface area (TPSA) is 127 Å². The van der Waals surface area contributed by atoms with Crippen molar-refractivity contribution in [2.75, 3.05) is 12.9 Å². The number of hydrogen-bond acceptors (Lipinski definition) is 7. The maximum absolute atomic E-state index is 12.7. The van der Waals surface area contributed by atoms with Gasteiger partial charge in [0.2, 0.25) is 11.8 Å². The van der Waals surface area contributed by atoms with Crippen LogP contribution in [-0.4, -0.2) is 55.9 Å². The second kappa shape index (κ2) is 7.20. The van der Waals surface area contributed by atoms with Gasteiger partial charge in [0.25, 0.3) is 21.9 Å². The number of rotatable bonds is 6. The molecule has 1 fully saturated rings. The molecule has 3 rings (SSSR count). The van der Waals surface area contributed by atoms with Crippen molar-refractivity contribution in [1.82, 2.24) is 10.2 Å². The molecule has 2 heterocycles. The van der Waals surface area contributed by atoms with Gasteiger partial charge in [-0.3, -0.25) is 33.6 Å². The third-order valence-corrected chi connectivity index (χ3v) is 5.01. The molecule has 0 aromatic heterocycles. The number of piperidine rings is 1. The Morgan fingerprint density at radius 2 is 1.85 bits per heavy atom. The molecule has 2 aliphatic heterocycles. The van der Waals surface area contributed by atoms with Crippen molar-refractivity contribution in [3.8, 4) is 0 Å². The molecule has 144 valence electrons. The van der Waals surface area contributed by atoms with E-state index in [2.05, 4.69) is 9.50 Å². The molecule has 1 N–H and O–H groups in total. The van der Waals surface area contributed by atoms with Crippen molar-refractivity contribution in [3.05, 3.63) is 34.9 Å². The SMILES string of the molecule is CS(=O)(=O)OCCCc1ccc2c(c1)C(=O)N(C1CCC(=O)NC1=O)C2=O. The molecule has 1 saturated heterocycles. The number of hydrogen-bond donors (Lipinski definition) is 1. The van der Waals surface area contributed by atoms with Crippen molar-refractivity contribution in [2.45, 2.75) is 31.7 Å². The summed E-state index contributed by atoms with van der Waals surface area (Å²) in [5, 5.41) is 2.15. The van der Waals surface area contributed by atoms with Gasteiger partial charge in [-0.15, -0.1) is 0 Å². The van der Waals surface area contributed by atoms with Crippen molar-refractivity contribution >= 4 is 33.7 Å². The van der Waals surface area contributed by atoms with E-state index in [0.717, 1.165) is 16.7 Å². The van der Waals surface area contributed by atoms with Crippen LogP contribution in [0.15, 0.2) is 18.2 Å². The Kier molecular flexibility index (Phi) is 5.11. The zero-order valence-electron chi connectivity index (χ0n) is 14.6. The van der Waals surface area contributed by atoms with Gasteiger partial charge >= 0.3 is 0 Å². The highest BCUT2D eigenvalue weighted by atomic mass is 32.2. The number of fused-ring (bicyclic) bond motifs is 1. The van der Waals surface area contributed by atoms with Crippen LogP contribution in [0.2, 0.25) is 0 Å². The van der Waals surface area contributed by atoms with E-state index in [-0.39, 0.29) is 30.6 Å². The molecule has 1 aromatic rings. The van der Waals surface area contributed by atoms with Crippen LogP contribution in [-0.2, 0) is 30.3 Å². The normalized spacial score (nSPS) is 20.0. The minimum absolute atomic E-state index is 0.0190. The summed E-state index contributed by atoms with van der Waals surface area (Å²) in [5.41, 5.74) is 1.16. The number of carbonyl (C=O) groups is 4. The minimum Gasteiger partial charge on any atom is -0.295 e. The molecule has 1 aromatic carbocycles. The van der Waals surface area contributed by atoms with E-state index in [9.17, 15) is 27.6 Å². The highest BCUT2D eigenvalue weighted by Crippen LogP contribution is 2.28. The van der Waals surface area contributed by atoms with Crippen molar-refractivity contribution in [2.24, 2.45) is 0 Å². The van der Waals surface area contributed by atoms with Gasteiger partial charge in [0.15, 0.2) is 0 Å². The standard InChI is InChI=1S/C17H18N2O7S/c1-27(24,25)26-8-2-3-10-4-5-11-12(9-10)17(23)19(16(11)22)13-6-7-14(20)18-15(13)21/h4-5,9,13H,2-3,6-8H2,1H3,(H,18,20,21). The van der Waals surface area contributed by atoms with Gasteiger partial charge in [0.05, 0.1) is 24.0 Å². The highest BCUT2D eigenvalue weighted by Gasteiger charge is 2.44. The molecule has 27 heavy (non-hydrogen) atoms. The van der Waals surface area contributed by atoms with Gasteiger partial charge in [-0.1, -0.05) is 6.07 Å². The molecule has 4 amide bonds. The third kappa shape index (κ3) is 4.06. The first-order chi connectivity index (χ1) is 12.7. The van der Waals surface area contributed by atoms with Crippen molar-refractivity contribution in [1.29, 1.82) is 0 Å². The van der Waals surface area contributed by atoms with E-state index in [1.807, 2.05) is 0 Å². The molecule has 0 radical (unpaired) electrons. The van der Waals surface area contributed by atoms with Crippen LogP contribution in [0.5, 0.6) is 0 Å². The number of carbonyl (C=O) groups excluding carboxylic acids is 4. The second-order valence-corrected chi connectivity index (χ2v) is 8.10. The molecule has 0 bridgehead atoms. The molecular weight excluding hydrogens is 376 g/mol. The first kappa shape index (κ1) is 19.2. The Morgan fingerprint density at radius 3 is 2.52 bits per heavy atom. The van der Waals surface area contributed by atoms with Gasteiger partial charge < -0.3 is 0 Å². The molecular formula is C17H18N2O7S. The van der Waals surface area contributed by atoms with Crippen LogP contribution in [0.4, 0.5) is 0 Å². The molecule has 2 aliphatic rings. The van der Waals surface area contributed by atoms with E-state index >= 15 is 0 Å². The lowest BCUT2D eigenvalue weighted by molar-refractivity contribution is -0.136. The highest BCUT2D eigenvalue weighted by molar-refractivity contribution is 7.85. The summed E-state index contributed by atoms with van der Waals surface area (Å²) in [5.74, 6) is -2.21. The Bertz CT molecular complexity index is 939. The van der Waals surface area contributed by atoms with Gasteiger partial charge in [0.1, 0.15) is 6.04 Å². The Hall–Kier alpha value is -2.59. The Morgan fingerprint density at radius 1 is 1.15 bits per heavy atom. The summed E-state index contributed by atoms with van der Waals surface area (Å²) in [6.07, 6.45) is 2.02. The van der Waals surface area contributed by atoms with Gasteiger partial charge in [-0.2, -0.15) is 8.42 Å². The minimum atomic E-state index is -3.50. The number of aryl methyl sites for hydroxylation is 1. The molecule has 0 saturated carbocycles. The molecule has 0 spiro atoms. The third-order valence-electron chi connectivity index (χ3n) is 4.41. The number of amides is 4. The van der Waals surface area contributed by atoms with Gasteiger partial charge in [-0.05, 0) is 37.0 Å². The predicted octanol–water partition coefficient (Wildman–Crippen LogP) is -0.00340. The smallest absolute Gasteiger partial charge is 0.264 e. The summed E-state index contributed by atoms with van der Waals surface area (Å²) in [6.45, 7) is 0.0190. The lowest BCUT2D eigenvalue weighted by Gasteiger charge is -2.27. The van der Waals surface area contributed by atoms with Gasteiger partial charge in [0, 0.05) is 6.42 Å². The fourth-order valence-electron chi connectivity index (χ4n) is 3.16. The lowest BCUT2D eigenvalue weighted by atomic mass is 10.0. The fourth-order valence-corrected chi connectivity index (χ4v) is 3.58. The van der Waals surface area contributed by atoms with Crippen molar-refractivity contribution < 1.29 is 31.8 Å². The largest absolute Gasteiger partial charge is 0.295 e. The second-order valence-electron chi connectivity index (χ2n) is 6.46. The first-order valence-corrected chi connectivity index (χ1v) is 10.2. The van der Waals surface area contributed by atoms with Crippen LogP contribution in [0.1, 0.15) is 45.5 Å². The van der Waals surface area contributed by atoms with E-state index in [1.54, 1.807) is 12.1 Å².